The fourth-order valence-electron chi connectivity index (χ4n) is 1.87. The molecule has 2 heteroatoms. The number of furan rings is 1. The van der Waals surface area contributed by atoms with Crippen LogP contribution in [0.25, 0.3) is 11.0 Å². The van der Waals surface area contributed by atoms with Crippen LogP contribution in [0.2, 0.25) is 0 Å². The maximum absolute atomic E-state index is 10.9. The van der Waals surface area contributed by atoms with Gasteiger partial charge in [0.25, 0.3) is 0 Å². The lowest BCUT2D eigenvalue weighted by molar-refractivity contribution is -0.109. The molecular formula is C12H10O2. The van der Waals surface area contributed by atoms with Crippen LogP contribution >= 0.6 is 0 Å². The average molecular weight is 186 g/mol. The Morgan fingerprint density at radius 3 is 2.86 bits per heavy atom. The SMILES string of the molecule is O=CC1(c2ccc3ccoc3c2)CC1. The van der Waals surface area contributed by atoms with Crippen molar-refractivity contribution in [3.8, 4) is 0 Å². The van der Waals surface area contributed by atoms with Crippen molar-refractivity contribution in [1.82, 2.24) is 0 Å². The third-order valence-electron chi connectivity index (χ3n) is 3.05. The summed E-state index contributed by atoms with van der Waals surface area (Å²) in [6.45, 7) is 0. The van der Waals surface area contributed by atoms with Gasteiger partial charge in [0.1, 0.15) is 11.9 Å². The molecule has 2 nitrogen and oxygen atoms in total. The Kier molecular flexibility index (Phi) is 1.38. The normalized spacial score (nSPS) is 18.3. The van der Waals surface area contributed by atoms with Crippen LogP contribution in [0.3, 0.4) is 0 Å². The van der Waals surface area contributed by atoms with Crippen LogP contribution in [0.5, 0.6) is 0 Å². The predicted octanol–water partition coefficient (Wildman–Crippen LogP) is 2.66. The standard InChI is InChI=1S/C12H10O2/c13-8-12(4-5-12)10-2-1-9-3-6-14-11(9)7-10/h1-3,6-8H,4-5H2. The van der Waals surface area contributed by atoms with E-state index in [0.29, 0.717) is 0 Å². The number of rotatable bonds is 2. The highest BCUT2D eigenvalue weighted by Crippen LogP contribution is 2.46. The third kappa shape index (κ3) is 0.939. The monoisotopic (exact) mass is 186 g/mol. The molecule has 2 aromatic rings. The van der Waals surface area contributed by atoms with Crippen LogP contribution in [-0.2, 0) is 10.2 Å². The lowest BCUT2D eigenvalue weighted by Crippen LogP contribution is -2.06. The largest absolute Gasteiger partial charge is 0.464 e. The van der Waals surface area contributed by atoms with E-state index in [-0.39, 0.29) is 5.41 Å². The van der Waals surface area contributed by atoms with E-state index in [1.54, 1.807) is 6.26 Å². The zero-order valence-electron chi connectivity index (χ0n) is 7.69. The molecule has 1 aliphatic rings. The molecular weight excluding hydrogens is 176 g/mol. The van der Waals surface area contributed by atoms with Crippen molar-refractivity contribution in [2.75, 3.05) is 0 Å². The van der Waals surface area contributed by atoms with E-state index >= 15 is 0 Å². The summed E-state index contributed by atoms with van der Waals surface area (Å²) in [5.74, 6) is 0. The van der Waals surface area contributed by atoms with E-state index in [0.717, 1.165) is 35.7 Å². The van der Waals surface area contributed by atoms with Crippen molar-refractivity contribution in [2.45, 2.75) is 18.3 Å². The van der Waals surface area contributed by atoms with Gasteiger partial charge in [-0.1, -0.05) is 12.1 Å². The van der Waals surface area contributed by atoms with Gasteiger partial charge in [-0.2, -0.15) is 0 Å². The Bertz CT molecular complexity index is 492. The summed E-state index contributed by atoms with van der Waals surface area (Å²) < 4.78 is 5.31. The Balaban J connectivity index is 2.18. The lowest BCUT2D eigenvalue weighted by atomic mass is 9.97. The van der Waals surface area contributed by atoms with Crippen molar-refractivity contribution in [1.29, 1.82) is 0 Å². The zero-order chi connectivity index (χ0) is 9.60. The van der Waals surface area contributed by atoms with Gasteiger partial charge < -0.3 is 9.21 Å². The molecule has 1 aromatic carbocycles. The van der Waals surface area contributed by atoms with E-state index < -0.39 is 0 Å². The zero-order valence-corrected chi connectivity index (χ0v) is 7.69. The van der Waals surface area contributed by atoms with Gasteiger partial charge in [-0.05, 0) is 30.5 Å². The topological polar surface area (TPSA) is 30.2 Å². The first-order valence-corrected chi connectivity index (χ1v) is 4.78. The molecule has 1 aromatic heterocycles. The molecule has 1 aliphatic carbocycles. The number of fused-ring (bicyclic) bond motifs is 1. The second kappa shape index (κ2) is 2.47. The highest BCUT2D eigenvalue weighted by atomic mass is 16.3. The van der Waals surface area contributed by atoms with Gasteiger partial charge in [-0.15, -0.1) is 0 Å². The van der Waals surface area contributed by atoms with E-state index in [2.05, 4.69) is 0 Å². The van der Waals surface area contributed by atoms with Gasteiger partial charge in [-0.25, -0.2) is 0 Å². The van der Waals surface area contributed by atoms with Crippen molar-refractivity contribution in [3.63, 3.8) is 0 Å². The number of hydrogen-bond acceptors (Lipinski definition) is 2. The number of hydrogen-bond donors (Lipinski definition) is 0. The Morgan fingerprint density at radius 1 is 1.29 bits per heavy atom. The smallest absolute Gasteiger partial charge is 0.134 e. The van der Waals surface area contributed by atoms with Gasteiger partial charge in [0.2, 0.25) is 0 Å². The minimum absolute atomic E-state index is 0.193. The third-order valence-corrected chi connectivity index (χ3v) is 3.05. The molecule has 1 fully saturated rings. The summed E-state index contributed by atoms with van der Waals surface area (Å²) in [7, 11) is 0. The molecule has 3 rings (SSSR count). The predicted molar refractivity (Wildman–Crippen MR) is 53.2 cm³/mol. The Labute approximate surface area is 81.5 Å². The van der Waals surface area contributed by atoms with Crippen molar-refractivity contribution < 1.29 is 9.21 Å². The van der Waals surface area contributed by atoms with Crippen LogP contribution < -0.4 is 0 Å². The summed E-state index contributed by atoms with van der Waals surface area (Å²) >= 11 is 0. The molecule has 0 saturated heterocycles. The fourth-order valence-corrected chi connectivity index (χ4v) is 1.87. The summed E-state index contributed by atoms with van der Waals surface area (Å²) in [4.78, 5) is 10.9. The molecule has 1 heterocycles. The molecule has 0 amide bonds. The molecule has 0 atom stereocenters. The summed E-state index contributed by atoms with van der Waals surface area (Å²) in [5, 5.41) is 1.09. The molecule has 0 radical (unpaired) electrons. The molecule has 1 saturated carbocycles. The first-order chi connectivity index (χ1) is 6.84. The quantitative estimate of drug-likeness (QED) is 0.675. The van der Waals surface area contributed by atoms with Gasteiger partial charge in [0, 0.05) is 5.39 Å². The molecule has 0 spiro atoms. The number of carbonyl (C=O) groups is 1. The summed E-state index contributed by atoms with van der Waals surface area (Å²) in [6.07, 6.45) is 4.69. The Hall–Kier alpha value is -1.57. The molecule has 70 valence electrons. The lowest BCUT2D eigenvalue weighted by Gasteiger charge is -2.06. The van der Waals surface area contributed by atoms with Gasteiger partial charge in [-0.3, -0.25) is 0 Å². The maximum atomic E-state index is 10.9. The fraction of sp³-hybridized carbons (Fsp3) is 0.250. The summed E-state index contributed by atoms with van der Waals surface area (Å²) in [5.41, 5.74) is 1.77. The molecule has 0 bridgehead atoms. The van der Waals surface area contributed by atoms with Crippen molar-refractivity contribution in [2.24, 2.45) is 0 Å². The minimum atomic E-state index is -0.193. The average Bonchev–Trinajstić information content (AvgIpc) is 2.89. The number of benzene rings is 1. The van der Waals surface area contributed by atoms with Gasteiger partial charge in [0.15, 0.2) is 0 Å². The van der Waals surface area contributed by atoms with Crippen molar-refractivity contribution in [3.05, 3.63) is 36.1 Å². The molecule has 0 N–H and O–H groups in total. The maximum Gasteiger partial charge on any atom is 0.134 e. The minimum Gasteiger partial charge on any atom is -0.464 e. The second-order valence-corrected chi connectivity index (χ2v) is 3.95. The van der Waals surface area contributed by atoms with E-state index in [1.165, 1.54) is 0 Å². The van der Waals surface area contributed by atoms with Crippen molar-refractivity contribution >= 4 is 17.3 Å². The Morgan fingerprint density at radius 2 is 2.14 bits per heavy atom. The van der Waals surface area contributed by atoms with Gasteiger partial charge in [0.05, 0.1) is 11.7 Å². The van der Waals surface area contributed by atoms with Crippen LogP contribution in [0.4, 0.5) is 0 Å². The first-order valence-electron chi connectivity index (χ1n) is 4.78. The van der Waals surface area contributed by atoms with Crippen LogP contribution in [0, 0.1) is 0 Å². The second-order valence-electron chi connectivity index (χ2n) is 3.95. The van der Waals surface area contributed by atoms with Crippen LogP contribution in [0.1, 0.15) is 18.4 Å². The van der Waals surface area contributed by atoms with E-state index in [4.69, 9.17) is 4.42 Å². The van der Waals surface area contributed by atoms with E-state index in [1.807, 2.05) is 24.3 Å². The van der Waals surface area contributed by atoms with E-state index in [9.17, 15) is 4.79 Å². The molecule has 14 heavy (non-hydrogen) atoms. The number of aldehydes is 1. The molecule has 0 unspecified atom stereocenters. The van der Waals surface area contributed by atoms with Gasteiger partial charge >= 0.3 is 0 Å². The van der Waals surface area contributed by atoms with Crippen LogP contribution in [-0.4, -0.2) is 6.29 Å². The highest BCUT2D eigenvalue weighted by molar-refractivity contribution is 5.81. The molecule has 0 aliphatic heterocycles. The first kappa shape index (κ1) is 7.80. The van der Waals surface area contributed by atoms with Crippen LogP contribution in [0.15, 0.2) is 34.9 Å². The number of carbonyl (C=O) groups excluding carboxylic acids is 1. The summed E-state index contributed by atoms with van der Waals surface area (Å²) in [6, 6.07) is 7.95. The highest BCUT2D eigenvalue weighted by Gasteiger charge is 2.44.